The normalized spacial score (nSPS) is 10.9. The number of aryl methyl sites for hydroxylation is 2. The molecule has 0 unspecified atom stereocenters. The van der Waals surface area contributed by atoms with Gasteiger partial charge in [0.05, 0.1) is 11.1 Å². The van der Waals surface area contributed by atoms with Gasteiger partial charge in [-0.1, -0.05) is 66.4 Å². The fourth-order valence-electron chi connectivity index (χ4n) is 3.49. The molecule has 2 aromatic carbocycles. The van der Waals surface area contributed by atoms with Crippen molar-refractivity contribution in [2.45, 2.75) is 25.5 Å². The van der Waals surface area contributed by atoms with Gasteiger partial charge in [-0.15, -0.1) is 17.9 Å². The van der Waals surface area contributed by atoms with Crippen LogP contribution in [0.25, 0.3) is 21.3 Å². The van der Waals surface area contributed by atoms with Crippen LogP contribution < -0.4 is 10.9 Å². The third-order valence-electron chi connectivity index (χ3n) is 5.18. The summed E-state index contributed by atoms with van der Waals surface area (Å²) in [5.74, 6) is -0.0157. The number of hydrogen-bond acceptors (Lipinski definition) is 5. The van der Waals surface area contributed by atoms with Gasteiger partial charge >= 0.3 is 0 Å². The Bertz CT molecular complexity index is 1360. The molecule has 2 aromatic heterocycles. The van der Waals surface area contributed by atoms with Crippen molar-refractivity contribution in [1.82, 2.24) is 9.55 Å². The third-order valence-corrected chi connectivity index (χ3v) is 7.26. The zero-order valence-corrected chi connectivity index (χ0v) is 19.6. The van der Waals surface area contributed by atoms with Gasteiger partial charge in [0, 0.05) is 22.7 Å². The van der Waals surface area contributed by atoms with Crippen molar-refractivity contribution >= 4 is 44.9 Å². The van der Waals surface area contributed by atoms with Crippen molar-refractivity contribution in [2.75, 3.05) is 11.1 Å². The number of amides is 1. The van der Waals surface area contributed by atoms with Crippen LogP contribution in [-0.2, 0) is 11.3 Å². The highest BCUT2D eigenvalue weighted by molar-refractivity contribution is 7.99. The summed E-state index contributed by atoms with van der Waals surface area (Å²) in [6.07, 6.45) is 1.67. The summed E-state index contributed by atoms with van der Waals surface area (Å²) in [4.78, 5) is 32.3. The average molecular weight is 462 g/mol. The average Bonchev–Trinajstić information content (AvgIpc) is 3.09. The van der Waals surface area contributed by atoms with Gasteiger partial charge in [0.2, 0.25) is 5.91 Å². The van der Waals surface area contributed by atoms with E-state index in [9.17, 15) is 9.59 Å². The highest BCUT2D eigenvalue weighted by atomic mass is 32.2. The van der Waals surface area contributed by atoms with Gasteiger partial charge in [-0.2, -0.15) is 0 Å². The molecule has 32 heavy (non-hydrogen) atoms. The van der Waals surface area contributed by atoms with Crippen molar-refractivity contribution in [2.24, 2.45) is 0 Å². The number of anilines is 1. The quantitative estimate of drug-likeness (QED) is 0.219. The number of carbonyl (C=O) groups is 1. The largest absolute Gasteiger partial charge is 0.325 e. The lowest BCUT2D eigenvalue weighted by Crippen LogP contribution is -2.23. The molecule has 0 saturated carbocycles. The highest BCUT2D eigenvalue weighted by Gasteiger charge is 2.17. The Labute approximate surface area is 194 Å². The van der Waals surface area contributed by atoms with Crippen LogP contribution in [0, 0.1) is 13.8 Å². The standard InChI is InChI=1S/C25H23N3O2S2/c1-4-14-28-24(30)22-16(2)17(3)32-23(22)27-25(28)31-15-21(29)26-20-13-9-8-12-19(20)18-10-6-5-7-11-18/h4-13H,1,14-15H2,2-3H3,(H,26,29). The van der Waals surface area contributed by atoms with Crippen molar-refractivity contribution in [3.63, 3.8) is 0 Å². The molecule has 1 N–H and O–H groups in total. The lowest BCUT2D eigenvalue weighted by molar-refractivity contribution is -0.113. The number of nitrogens with zero attached hydrogens (tertiary/aromatic N) is 2. The summed E-state index contributed by atoms with van der Waals surface area (Å²) in [5, 5.41) is 4.18. The number of fused-ring (bicyclic) bond motifs is 1. The molecule has 0 saturated heterocycles. The molecule has 0 aliphatic heterocycles. The zero-order chi connectivity index (χ0) is 22.7. The first kappa shape index (κ1) is 22.0. The minimum atomic E-state index is -0.156. The predicted molar refractivity (Wildman–Crippen MR) is 135 cm³/mol. The number of allylic oxidation sites excluding steroid dienone is 1. The van der Waals surface area contributed by atoms with Crippen LogP contribution in [0.4, 0.5) is 5.69 Å². The topological polar surface area (TPSA) is 64.0 Å². The van der Waals surface area contributed by atoms with E-state index in [4.69, 9.17) is 4.98 Å². The zero-order valence-electron chi connectivity index (χ0n) is 17.9. The van der Waals surface area contributed by atoms with Crippen LogP contribution in [0.5, 0.6) is 0 Å². The van der Waals surface area contributed by atoms with Crippen molar-refractivity contribution in [3.8, 4) is 11.1 Å². The molecule has 5 nitrogen and oxygen atoms in total. The number of aromatic nitrogens is 2. The Balaban J connectivity index is 1.57. The van der Waals surface area contributed by atoms with Crippen LogP contribution in [0.3, 0.4) is 0 Å². The number of thiophene rings is 1. The fraction of sp³-hybridized carbons (Fsp3) is 0.160. The van der Waals surface area contributed by atoms with E-state index in [0.29, 0.717) is 21.9 Å². The maximum Gasteiger partial charge on any atom is 0.263 e. The summed E-state index contributed by atoms with van der Waals surface area (Å²) in [5.41, 5.74) is 3.62. The molecule has 162 valence electrons. The molecule has 0 radical (unpaired) electrons. The summed E-state index contributed by atoms with van der Waals surface area (Å²) in [6, 6.07) is 17.6. The summed E-state index contributed by atoms with van der Waals surface area (Å²) in [7, 11) is 0. The number of carbonyl (C=O) groups excluding carboxylic acids is 1. The molecule has 0 spiro atoms. The van der Waals surface area contributed by atoms with Gasteiger partial charge in [0.25, 0.3) is 5.56 Å². The molecule has 4 aromatic rings. The van der Waals surface area contributed by atoms with Crippen LogP contribution >= 0.6 is 23.1 Å². The lowest BCUT2D eigenvalue weighted by atomic mass is 10.0. The molecule has 1 amide bonds. The second-order valence-corrected chi connectivity index (χ2v) is 9.46. The van der Waals surface area contributed by atoms with Crippen LogP contribution in [0.2, 0.25) is 0 Å². The first-order valence-electron chi connectivity index (χ1n) is 10.2. The van der Waals surface area contributed by atoms with Crippen molar-refractivity contribution < 1.29 is 4.79 Å². The number of rotatable bonds is 7. The molecular formula is C25H23N3O2S2. The molecule has 2 heterocycles. The Morgan fingerprint density at radius 2 is 1.88 bits per heavy atom. The molecule has 4 rings (SSSR count). The predicted octanol–water partition coefficient (Wildman–Crippen LogP) is 5.66. The number of thioether (sulfide) groups is 1. The fourth-order valence-corrected chi connectivity index (χ4v) is 5.37. The van der Waals surface area contributed by atoms with E-state index < -0.39 is 0 Å². The number of para-hydroxylation sites is 1. The molecule has 0 fully saturated rings. The van der Waals surface area contributed by atoms with Crippen LogP contribution in [0.15, 0.2) is 77.2 Å². The Morgan fingerprint density at radius 3 is 2.62 bits per heavy atom. The molecule has 0 atom stereocenters. The molecule has 0 bridgehead atoms. The second kappa shape index (κ2) is 9.54. The first-order valence-corrected chi connectivity index (χ1v) is 12.0. The van der Waals surface area contributed by atoms with Gasteiger partial charge in [-0.25, -0.2) is 4.98 Å². The van der Waals surface area contributed by atoms with E-state index in [0.717, 1.165) is 27.3 Å². The van der Waals surface area contributed by atoms with Gasteiger partial charge in [0.1, 0.15) is 4.83 Å². The maximum atomic E-state index is 13.1. The molecule has 0 aliphatic carbocycles. The van der Waals surface area contributed by atoms with Gasteiger partial charge < -0.3 is 5.32 Å². The SMILES string of the molecule is C=CCn1c(SCC(=O)Nc2ccccc2-c2ccccc2)nc2sc(C)c(C)c2c1=O. The van der Waals surface area contributed by atoms with E-state index >= 15 is 0 Å². The highest BCUT2D eigenvalue weighted by Crippen LogP contribution is 2.30. The number of nitrogens with one attached hydrogen (secondary N) is 1. The summed E-state index contributed by atoms with van der Waals surface area (Å²) < 4.78 is 1.59. The minimum absolute atomic E-state index is 0.0888. The smallest absolute Gasteiger partial charge is 0.263 e. The van der Waals surface area contributed by atoms with Gasteiger partial charge in [-0.05, 0) is 31.0 Å². The lowest BCUT2D eigenvalue weighted by Gasteiger charge is -2.12. The van der Waals surface area contributed by atoms with Crippen molar-refractivity contribution in [3.05, 3.63) is 88.0 Å². The maximum absolute atomic E-state index is 13.1. The molecular weight excluding hydrogens is 438 g/mol. The monoisotopic (exact) mass is 461 g/mol. The Hall–Kier alpha value is -3.16. The summed E-state index contributed by atoms with van der Waals surface area (Å²) >= 11 is 2.77. The second-order valence-electron chi connectivity index (χ2n) is 7.31. The van der Waals surface area contributed by atoms with Gasteiger partial charge in [0.15, 0.2) is 5.16 Å². The first-order chi connectivity index (χ1) is 15.5. The van der Waals surface area contributed by atoms with Crippen LogP contribution in [-0.4, -0.2) is 21.2 Å². The third kappa shape index (κ3) is 4.40. The van der Waals surface area contributed by atoms with Gasteiger partial charge in [-0.3, -0.25) is 14.2 Å². The Morgan fingerprint density at radius 1 is 1.16 bits per heavy atom. The van der Waals surface area contributed by atoms with Crippen LogP contribution in [0.1, 0.15) is 10.4 Å². The van der Waals surface area contributed by atoms with Crippen molar-refractivity contribution in [1.29, 1.82) is 0 Å². The van der Waals surface area contributed by atoms with E-state index in [1.165, 1.54) is 23.1 Å². The van der Waals surface area contributed by atoms with E-state index in [2.05, 4.69) is 11.9 Å². The molecule has 0 aliphatic rings. The summed E-state index contributed by atoms with van der Waals surface area (Å²) in [6.45, 7) is 8.04. The molecule has 7 heteroatoms. The number of hydrogen-bond donors (Lipinski definition) is 1. The minimum Gasteiger partial charge on any atom is -0.325 e. The van der Waals surface area contributed by atoms with E-state index in [1.54, 1.807) is 10.6 Å². The van der Waals surface area contributed by atoms with E-state index in [1.807, 2.05) is 68.4 Å². The van der Waals surface area contributed by atoms with E-state index in [-0.39, 0.29) is 17.2 Å². The Kier molecular flexibility index (Phi) is 6.58. The number of benzene rings is 2.